The Labute approximate surface area is 110 Å². The predicted octanol–water partition coefficient (Wildman–Crippen LogP) is -1.05. The Morgan fingerprint density at radius 2 is 1.93 bits per heavy atom. The SMILES string of the molecule is Cc1ccc(C)c2o[c-]nc12.O=CO.[Na+]. The third kappa shape index (κ3) is 3.34. The molecule has 2 aromatic rings. The van der Waals surface area contributed by atoms with Gasteiger partial charge in [-0.05, 0) is 18.0 Å². The molecule has 0 spiro atoms. The Morgan fingerprint density at radius 3 is 2.47 bits per heavy atom. The maximum atomic E-state index is 8.36. The van der Waals surface area contributed by atoms with Gasteiger partial charge in [0.15, 0.2) is 0 Å². The summed E-state index contributed by atoms with van der Waals surface area (Å²) in [6, 6.07) is 4.06. The van der Waals surface area contributed by atoms with Gasteiger partial charge in [0.1, 0.15) is 6.39 Å². The van der Waals surface area contributed by atoms with Crippen LogP contribution >= 0.6 is 0 Å². The Hall–Kier alpha value is -0.840. The molecule has 1 aromatic carbocycles. The number of rotatable bonds is 0. The molecule has 0 bridgehead atoms. The Bertz CT molecular complexity index is 403. The number of aromatic nitrogens is 1. The van der Waals surface area contributed by atoms with Gasteiger partial charge in [0.05, 0.1) is 0 Å². The summed E-state index contributed by atoms with van der Waals surface area (Å²) >= 11 is 0. The number of hydrogen-bond donors (Lipinski definition) is 1. The van der Waals surface area contributed by atoms with Gasteiger partial charge in [-0.25, -0.2) is 0 Å². The molecule has 0 atom stereocenters. The summed E-state index contributed by atoms with van der Waals surface area (Å²) in [7, 11) is 0. The van der Waals surface area contributed by atoms with E-state index in [4.69, 9.17) is 14.3 Å². The van der Waals surface area contributed by atoms with Crippen LogP contribution in [-0.2, 0) is 4.79 Å². The van der Waals surface area contributed by atoms with Crippen LogP contribution in [0.4, 0.5) is 0 Å². The molecule has 0 aliphatic rings. The molecule has 0 radical (unpaired) electrons. The standard InChI is InChI=1S/C9H8NO.CH2O2.Na/c1-6-3-4-7(2)9-8(6)10-5-11-9;2-1-3;/h3-4H,1-2H3;1H,(H,2,3);/q-1;;+1. The molecule has 74 valence electrons. The van der Waals surface area contributed by atoms with E-state index in [0.29, 0.717) is 0 Å². The fourth-order valence-electron chi connectivity index (χ4n) is 1.15. The minimum Gasteiger partial charge on any atom is -0.573 e. The number of benzene rings is 1. The van der Waals surface area contributed by atoms with Crippen molar-refractivity contribution in [3.8, 4) is 0 Å². The van der Waals surface area contributed by atoms with Gasteiger partial charge in [0.25, 0.3) is 6.47 Å². The number of nitrogens with zero attached hydrogens (tertiary/aromatic N) is 1. The zero-order chi connectivity index (χ0) is 10.6. The van der Waals surface area contributed by atoms with Gasteiger partial charge in [-0.3, -0.25) is 4.79 Å². The second-order valence-corrected chi connectivity index (χ2v) is 2.79. The van der Waals surface area contributed by atoms with Gasteiger partial charge in [0.2, 0.25) is 0 Å². The third-order valence-electron chi connectivity index (χ3n) is 1.84. The summed E-state index contributed by atoms with van der Waals surface area (Å²) in [5.41, 5.74) is 4.02. The zero-order valence-electron chi connectivity index (χ0n) is 8.94. The second-order valence-electron chi connectivity index (χ2n) is 2.79. The first-order valence-electron chi connectivity index (χ1n) is 4.01. The van der Waals surface area contributed by atoms with Crippen molar-refractivity contribution in [3.63, 3.8) is 0 Å². The summed E-state index contributed by atoms with van der Waals surface area (Å²) in [5, 5.41) is 6.89. The van der Waals surface area contributed by atoms with Crippen LogP contribution in [0.3, 0.4) is 0 Å². The average molecular weight is 215 g/mol. The molecule has 2 rings (SSSR count). The van der Waals surface area contributed by atoms with Gasteiger partial charge in [-0.15, -0.1) is 0 Å². The van der Waals surface area contributed by atoms with Crippen LogP contribution in [-0.4, -0.2) is 16.6 Å². The molecule has 1 N–H and O–H groups in total. The minimum absolute atomic E-state index is 0. The number of hydrogen-bond acceptors (Lipinski definition) is 3. The van der Waals surface area contributed by atoms with E-state index in [2.05, 4.69) is 11.4 Å². The Kier molecular flexibility index (Phi) is 6.24. The first-order chi connectivity index (χ1) is 6.70. The number of fused-ring (bicyclic) bond motifs is 1. The molecule has 0 aliphatic heterocycles. The van der Waals surface area contributed by atoms with Crippen molar-refractivity contribution in [2.24, 2.45) is 0 Å². The van der Waals surface area contributed by atoms with E-state index in [1.165, 1.54) is 0 Å². The smallest absolute Gasteiger partial charge is 0.573 e. The largest absolute Gasteiger partial charge is 1.00 e. The molecule has 0 unspecified atom stereocenters. The topological polar surface area (TPSA) is 63.3 Å². The van der Waals surface area contributed by atoms with E-state index in [1.807, 2.05) is 26.0 Å². The summed E-state index contributed by atoms with van der Waals surface area (Å²) in [6.07, 6.45) is 2.49. The van der Waals surface area contributed by atoms with E-state index in [0.717, 1.165) is 22.2 Å². The molecule has 0 fully saturated rings. The number of carbonyl (C=O) groups is 1. The van der Waals surface area contributed by atoms with Gasteiger partial charge in [-0.1, -0.05) is 30.2 Å². The van der Waals surface area contributed by atoms with Crippen LogP contribution in [0.15, 0.2) is 16.5 Å². The molecule has 0 amide bonds. The maximum Gasteiger partial charge on any atom is 1.00 e. The molecule has 5 heteroatoms. The fraction of sp³-hybridized carbons (Fsp3) is 0.200. The first kappa shape index (κ1) is 14.2. The van der Waals surface area contributed by atoms with Crippen molar-refractivity contribution in [1.82, 2.24) is 4.98 Å². The second kappa shape index (κ2) is 6.61. The molecular weight excluding hydrogens is 205 g/mol. The van der Waals surface area contributed by atoms with E-state index in [9.17, 15) is 0 Å². The summed E-state index contributed by atoms with van der Waals surface area (Å²) in [5.74, 6) is 0. The molecule has 0 saturated carbocycles. The number of carboxylic acid groups (broad SMARTS) is 1. The fourth-order valence-corrected chi connectivity index (χ4v) is 1.15. The van der Waals surface area contributed by atoms with Crippen LogP contribution < -0.4 is 29.6 Å². The molecule has 4 nitrogen and oxygen atoms in total. The van der Waals surface area contributed by atoms with Crippen LogP contribution in [0.1, 0.15) is 11.1 Å². The summed E-state index contributed by atoms with van der Waals surface area (Å²) in [6.45, 7) is 3.76. The van der Waals surface area contributed by atoms with Crippen molar-refractivity contribution in [2.75, 3.05) is 0 Å². The molecular formula is C10H10NNaO3. The summed E-state index contributed by atoms with van der Waals surface area (Å²) < 4.78 is 5.09. The summed E-state index contributed by atoms with van der Waals surface area (Å²) in [4.78, 5) is 12.3. The van der Waals surface area contributed by atoms with Crippen LogP contribution in [0.5, 0.6) is 0 Å². The van der Waals surface area contributed by atoms with Crippen LogP contribution in [0, 0.1) is 20.2 Å². The van der Waals surface area contributed by atoms with Gasteiger partial charge in [-0.2, -0.15) is 0 Å². The van der Waals surface area contributed by atoms with Crippen molar-refractivity contribution in [2.45, 2.75) is 13.8 Å². The molecule has 0 saturated heterocycles. The number of aryl methyl sites for hydroxylation is 2. The van der Waals surface area contributed by atoms with E-state index < -0.39 is 0 Å². The quantitative estimate of drug-likeness (QED) is 0.346. The van der Waals surface area contributed by atoms with Crippen LogP contribution in [0.25, 0.3) is 11.1 Å². The van der Waals surface area contributed by atoms with Crippen molar-refractivity contribution < 1.29 is 43.9 Å². The maximum absolute atomic E-state index is 8.36. The van der Waals surface area contributed by atoms with Crippen molar-refractivity contribution in [3.05, 3.63) is 29.7 Å². The van der Waals surface area contributed by atoms with Gasteiger partial charge >= 0.3 is 29.6 Å². The van der Waals surface area contributed by atoms with E-state index in [-0.39, 0.29) is 36.0 Å². The Morgan fingerprint density at radius 1 is 1.40 bits per heavy atom. The monoisotopic (exact) mass is 215 g/mol. The zero-order valence-corrected chi connectivity index (χ0v) is 10.9. The first-order valence-corrected chi connectivity index (χ1v) is 4.01. The predicted molar refractivity (Wildman–Crippen MR) is 51.0 cm³/mol. The Balaban J connectivity index is 0.000000443. The van der Waals surface area contributed by atoms with E-state index >= 15 is 0 Å². The van der Waals surface area contributed by atoms with Gasteiger partial charge in [0, 0.05) is 0 Å². The van der Waals surface area contributed by atoms with Crippen LogP contribution in [0.2, 0.25) is 0 Å². The minimum atomic E-state index is -0.250. The normalized spacial score (nSPS) is 8.67. The van der Waals surface area contributed by atoms with E-state index in [1.54, 1.807) is 0 Å². The number of oxazole rings is 1. The average Bonchev–Trinajstić information content (AvgIpc) is 2.62. The van der Waals surface area contributed by atoms with Crippen molar-refractivity contribution in [1.29, 1.82) is 0 Å². The molecule has 15 heavy (non-hydrogen) atoms. The third-order valence-corrected chi connectivity index (χ3v) is 1.84. The van der Waals surface area contributed by atoms with Crippen molar-refractivity contribution >= 4 is 17.6 Å². The molecule has 1 heterocycles. The van der Waals surface area contributed by atoms with Gasteiger partial charge < -0.3 is 14.5 Å². The molecule has 1 aromatic heterocycles. The molecule has 0 aliphatic carbocycles.